The highest BCUT2D eigenvalue weighted by Gasteiger charge is 2.28. The van der Waals surface area contributed by atoms with Crippen LogP contribution in [-0.4, -0.2) is 43.4 Å². The minimum Gasteiger partial charge on any atom is -0.486 e. The van der Waals surface area contributed by atoms with E-state index in [1.54, 1.807) is 23.4 Å². The molecular weight excluding hydrogens is 320 g/mol. The Morgan fingerprint density at radius 2 is 1.96 bits per heavy atom. The molecular formula is C19H20N2O4. The molecule has 130 valence electrons. The zero-order valence-corrected chi connectivity index (χ0v) is 13.9. The largest absolute Gasteiger partial charge is 0.486 e. The van der Waals surface area contributed by atoms with Crippen LogP contribution in [0.15, 0.2) is 42.7 Å². The second-order valence-corrected chi connectivity index (χ2v) is 6.09. The molecule has 2 aliphatic heterocycles. The SMILES string of the molecule is O=C(c1cccc2c1OCCO2)N(C[C@H]1CCCO1)c1ccncc1. The Balaban J connectivity index is 1.68. The van der Waals surface area contributed by atoms with Gasteiger partial charge in [-0.3, -0.25) is 9.78 Å². The second kappa shape index (κ2) is 7.11. The van der Waals surface area contributed by atoms with Crippen LogP contribution in [0.4, 0.5) is 5.69 Å². The first kappa shape index (κ1) is 15.9. The molecule has 6 nitrogen and oxygen atoms in total. The number of hydrogen-bond donors (Lipinski definition) is 0. The van der Waals surface area contributed by atoms with Gasteiger partial charge in [0, 0.05) is 24.7 Å². The van der Waals surface area contributed by atoms with Gasteiger partial charge in [-0.15, -0.1) is 0 Å². The van der Waals surface area contributed by atoms with Crippen LogP contribution in [0.25, 0.3) is 0 Å². The fourth-order valence-corrected chi connectivity index (χ4v) is 3.21. The van der Waals surface area contributed by atoms with Crippen molar-refractivity contribution in [2.24, 2.45) is 0 Å². The van der Waals surface area contributed by atoms with Crippen LogP contribution in [0.5, 0.6) is 11.5 Å². The maximum atomic E-state index is 13.3. The monoisotopic (exact) mass is 340 g/mol. The summed E-state index contributed by atoms with van der Waals surface area (Å²) in [5.74, 6) is 1.01. The summed E-state index contributed by atoms with van der Waals surface area (Å²) in [6.07, 6.45) is 5.41. The molecule has 0 spiro atoms. The normalized spacial score (nSPS) is 18.8. The van der Waals surface area contributed by atoms with Crippen molar-refractivity contribution in [1.29, 1.82) is 0 Å². The van der Waals surface area contributed by atoms with Crippen molar-refractivity contribution in [3.05, 3.63) is 48.3 Å². The lowest BCUT2D eigenvalue weighted by atomic mass is 10.1. The molecule has 1 saturated heterocycles. The number of pyridine rings is 1. The van der Waals surface area contributed by atoms with Crippen LogP contribution < -0.4 is 14.4 Å². The van der Waals surface area contributed by atoms with Crippen molar-refractivity contribution in [3.63, 3.8) is 0 Å². The summed E-state index contributed by atoms with van der Waals surface area (Å²) in [5.41, 5.74) is 1.30. The molecule has 25 heavy (non-hydrogen) atoms. The van der Waals surface area contributed by atoms with Crippen molar-refractivity contribution >= 4 is 11.6 Å². The third kappa shape index (κ3) is 3.30. The molecule has 1 aromatic carbocycles. The number of para-hydroxylation sites is 1. The smallest absolute Gasteiger partial charge is 0.262 e. The lowest BCUT2D eigenvalue weighted by Gasteiger charge is -2.27. The van der Waals surface area contributed by atoms with Crippen molar-refractivity contribution in [1.82, 2.24) is 4.98 Å². The van der Waals surface area contributed by atoms with E-state index in [2.05, 4.69) is 4.98 Å². The van der Waals surface area contributed by atoms with Crippen LogP contribution in [0.2, 0.25) is 0 Å². The number of rotatable bonds is 4. The second-order valence-electron chi connectivity index (χ2n) is 6.09. The van der Waals surface area contributed by atoms with Crippen LogP contribution >= 0.6 is 0 Å². The minimum absolute atomic E-state index is 0.0498. The number of nitrogens with zero attached hydrogens (tertiary/aromatic N) is 2. The number of aromatic nitrogens is 1. The topological polar surface area (TPSA) is 60.9 Å². The van der Waals surface area contributed by atoms with E-state index in [1.807, 2.05) is 24.3 Å². The van der Waals surface area contributed by atoms with Gasteiger partial charge in [-0.1, -0.05) is 6.07 Å². The summed E-state index contributed by atoms with van der Waals surface area (Å²) >= 11 is 0. The molecule has 0 aliphatic carbocycles. The number of carbonyl (C=O) groups excluding carboxylic acids is 1. The summed E-state index contributed by atoms with van der Waals surface area (Å²) in [4.78, 5) is 19.1. The molecule has 1 amide bonds. The minimum atomic E-state index is -0.121. The predicted octanol–water partition coefficient (Wildman–Crippen LogP) is 2.68. The fourth-order valence-electron chi connectivity index (χ4n) is 3.21. The van der Waals surface area contributed by atoms with E-state index >= 15 is 0 Å². The predicted molar refractivity (Wildman–Crippen MR) is 92.3 cm³/mol. The maximum Gasteiger partial charge on any atom is 0.262 e. The summed E-state index contributed by atoms with van der Waals surface area (Å²) < 4.78 is 17.1. The molecule has 2 aliphatic rings. The number of anilines is 1. The Labute approximate surface area is 146 Å². The highest BCUT2D eigenvalue weighted by molar-refractivity contribution is 6.08. The Morgan fingerprint density at radius 1 is 1.12 bits per heavy atom. The lowest BCUT2D eigenvalue weighted by molar-refractivity contribution is 0.0908. The molecule has 0 N–H and O–H groups in total. The number of ether oxygens (including phenoxy) is 3. The van der Waals surface area contributed by atoms with Gasteiger partial charge in [0.15, 0.2) is 11.5 Å². The molecule has 0 saturated carbocycles. The highest BCUT2D eigenvalue weighted by Crippen LogP contribution is 2.35. The average Bonchev–Trinajstić information content (AvgIpc) is 3.19. The van der Waals surface area contributed by atoms with Crippen molar-refractivity contribution in [2.45, 2.75) is 18.9 Å². The first-order valence-electron chi connectivity index (χ1n) is 8.55. The van der Waals surface area contributed by atoms with Gasteiger partial charge in [0.1, 0.15) is 13.2 Å². The van der Waals surface area contributed by atoms with Crippen LogP contribution in [0, 0.1) is 0 Å². The number of benzene rings is 1. The average molecular weight is 340 g/mol. The van der Waals surface area contributed by atoms with E-state index < -0.39 is 0 Å². The lowest BCUT2D eigenvalue weighted by Crippen LogP contribution is -2.38. The maximum absolute atomic E-state index is 13.3. The van der Waals surface area contributed by atoms with Crippen LogP contribution in [0.3, 0.4) is 0 Å². The van der Waals surface area contributed by atoms with Gasteiger partial charge in [0.2, 0.25) is 0 Å². The number of amides is 1. The molecule has 0 bridgehead atoms. The van der Waals surface area contributed by atoms with Crippen LogP contribution in [-0.2, 0) is 4.74 Å². The van der Waals surface area contributed by atoms with Crippen molar-refractivity contribution in [2.75, 3.05) is 31.3 Å². The van der Waals surface area contributed by atoms with Gasteiger partial charge in [-0.05, 0) is 37.1 Å². The molecule has 1 aromatic heterocycles. The van der Waals surface area contributed by atoms with E-state index in [1.165, 1.54) is 0 Å². The van der Waals surface area contributed by atoms with E-state index in [0.717, 1.165) is 25.1 Å². The number of carbonyl (C=O) groups is 1. The summed E-state index contributed by atoms with van der Waals surface area (Å²) in [7, 11) is 0. The summed E-state index contributed by atoms with van der Waals surface area (Å²) in [5, 5.41) is 0. The Morgan fingerprint density at radius 3 is 2.76 bits per heavy atom. The standard InChI is InChI=1S/C19H20N2O4/c22-19(16-4-1-5-17-18(16)25-12-11-24-17)21(13-15-3-2-10-23-15)14-6-8-20-9-7-14/h1,4-9,15H,2-3,10-13H2/t15-/m1/s1. The van der Waals surface area contributed by atoms with Gasteiger partial charge < -0.3 is 19.1 Å². The number of fused-ring (bicyclic) bond motifs is 1. The van der Waals surface area contributed by atoms with E-state index in [-0.39, 0.29) is 12.0 Å². The first-order chi connectivity index (χ1) is 12.3. The summed E-state index contributed by atoms with van der Waals surface area (Å²) in [6, 6.07) is 9.08. The summed E-state index contributed by atoms with van der Waals surface area (Å²) in [6.45, 7) is 2.20. The molecule has 0 unspecified atom stereocenters. The van der Waals surface area contributed by atoms with Crippen molar-refractivity contribution in [3.8, 4) is 11.5 Å². The molecule has 1 fully saturated rings. The molecule has 2 aromatic rings. The fraction of sp³-hybridized carbons (Fsp3) is 0.368. The molecule has 6 heteroatoms. The third-order valence-corrected chi connectivity index (χ3v) is 4.43. The van der Waals surface area contributed by atoms with E-state index in [0.29, 0.717) is 36.8 Å². The highest BCUT2D eigenvalue weighted by atomic mass is 16.6. The van der Waals surface area contributed by atoms with E-state index in [9.17, 15) is 4.79 Å². The quantitative estimate of drug-likeness (QED) is 0.856. The molecule has 3 heterocycles. The van der Waals surface area contributed by atoms with Crippen molar-refractivity contribution < 1.29 is 19.0 Å². The zero-order chi connectivity index (χ0) is 17.1. The molecule has 1 atom stereocenters. The van der Waals surface area contributed by atoms with Gasteiger partial charge in [-0.2, -0.15) is 0 Å². The third-order valence-electron chi connectivity index (χ3n) is 4.43. The van der Waals surface area contributed by atoms with E-state index in [4.69, 9.17) is 14.2 Å². The van der Waals surface area contributed by atoms with Gasteiger partial charge in [0.05, 0.1) is 18.2 Å². The van der Waals surface area contributed by atoms with Gasteiger partial charge in [0.25, 0.3) is 5.91 Å². The Kier molecular flexibility index (Phi) is 4.52. The van der Waals surface area contributed by atoms with Gasteiger partial charge >= 0.3 is 0 Å². The first-order valence-corrected chi connectivity index (χ1v) is 8.55. The zero-order valence-electron chi connectivity index (χ0n) is 13.9. The molecule has 4 rings (SSSR count). The van der Waals surface area contributed by atoms with Gasteiger partial charge in [-0.25, -0.2) is 0 Å². The number of hydrogen-bond acceptors (Lipinski definition) is 5. The molecule has 0 radical (unpaired) electrons. The van der Waals surface area contributed by atoms with Crippen LogP contribution in [0.1, 0.15) is 23.2 Å². The Hall–Kier alpha value is -2.60. The Bertz CT molecular complexity index is 744.